The molecule has 1 unspecified atom stereocenters. The lowest BCUT2D eigenvalue weighted by Gasteiger charge is -2.32. The minimum atomic E-state index is -0.322. The molecular formula is C9H16O2. The summed E-state index contributed by atoms with van der Waals surface area (Å²) in [5.74, 6) is 0.338. The van der Waals surface area contributed by atoms with Crippen LogP contribution in [0.3, 0.4) is 0 Å². The van der Waals surface area contributed by atoms with E-state index in [-0.39, 0.29) is 18.6 Å². The maximum absolute atomic E-state index is 9.46. The summed E-state index contributed by atoms with van der Waals surface area (Å²) in [7, 11) is 0. The SMILES string of the molecule is C=CC1CCC[C@@H](O)[C@H]1CO. The molecule has 0 spiro atoms. The second-order valence-corrected chi connectivity index (χ2v) is 3.24. The van der Waals surface area contributed by atoms with E-state index in [4.69, 9.17) is 5.11 Å². The predicted molar refractivity (Wildman–Crippen MR) is 44.1 cm³/mol. The van der Waals surface area contributed by atoms with Gasteiger partial charge in [-0.3, -0.25) is 0 Å². The zero-order chi connectivity index (χ0) is 8.27. The molecule has 1 aliphatic carbocycles. The normalized spacial score (nSPS) is 38.5. The summed E-state index contributed by atoms with van der Waals surface area (Å²) in [4.78, 5) is 0. The van der Waals surface area contributed by atoms with Gasteiger partial charge in [0, 0.05) is 12.5 Å². The fraction of sp³-hybridized carbons (Fsp3) is 0.778. The Morgan fingerprint density at radius 2 is 2.18 bits per heavy atom. The Morgan fingerprint density at radius 1 is 1.45 bits per heavy atom. The standard InChI is InChI=1S/C9H16O2/c1-2-7-4-3-5-9(11)8(7)6-10/h2,7-11H,1,3-6H2/t7?,8-,9+/m0/s1. The number of aliphatic hydroxyl groups is 2. The van der Waals surface area contributed by atoms with Crippen LogP contribution < -0.4 is 0 Å². The van der Waals surface area contributed by atoms with Crippen LogP contribution in [0.4, 0.5) is 0 Å². The molecule has 0 amide bonds. The fourth-order valence-corrected chi connectivity index (χ4v) is 1.83. The number of allylic oxidation sites excluding steroid dienone is 1. The van der Waals surface area contributed by atoms with E-state index in [2.05, 4.69) is 6.58 Å². The Morgan fingerprint density at radius 3 is 2.64 bits per heavy atom. The number of aliphatic hydroxyl groups excluding tert-OH is 2. The highest BCUT2D eigenvalue weighted by Gasteiger charge is 2.29. The summed E-state index contributed by atoms with van der Waals surface area (Å²) < 4.78 is 0. The average Bonchev–Trinajstić information content (AvgIpc) is 2.04. The van der Waals surface area contributed by atoms with Crippen LogP contribution in [0, 0.1) is 11.8 Å². The van der Waals surface area contributed by atoms with Crippen molar-refractivity contribution in [2.45, 2.75) is 25.4 Å². The molecule has 2 heteroatoms. The van der Waals surface area contributed by atoms with Gasteiger partial charge < -0.3 is 10.2 Å². The molecule has 1 aliphatic rings. The van der Waals surface area contributed by atoms with Gasteiger partial charge in [-0.15, -0.1) is 6.58 Å². The van der Waals surface area contributed by atoms with E-state index in [1.54, 1.807) is 0 Å². The molecular weight excluding hydrogens is 140 g/mol. The molecule has 1 fully saturated rings. The zero-order valence-corrected chi connectivity index (χ0v) is 6.74. The van der Waals surface area contributed by atoms with Gasteiger partial charge in [0.15, 0.2) is 0 Å². The van der Waals surface area contributed by atoms with E-state index in [0.717, 1.165) is 19.3 Å². The van der Waals surface area contributed by atoms with Crippen molar-refractivity contribution in [3.8, 4) is 0 Å². The van der Waals surface area contributed by atoms with Crippen LogP contribution >= 0.6 is 0 Å². The molecule has 0 bridgehead atoms. The molecule has 0 radical (unpaired) electrons. The second-order valence-electron chi connectivity index (χ2n) is 3.24. The predicted octanol–water partition coefficient (Wildman–Crippen LogP) is 0.942. The van der Waals surface area contributed by atoms with Crippen molar-refractivity contribution in [2.75, 3.05) is 6.61 Å². The monoisotopic (exact) mass is 156 g/mol. The first kappa shape index (κ1) is 8.75. The Bertz CT molecular complexity index is 134. The van der Waals surface area contributed by atoms with E-state index in [9.17, 15) is 5.11 Å². The highest BCUT2D eigenvalue weighted by atomic mass is 16.3. The molecule has 0 aromatic carbocycles. The highest BCUT2D eigenvalue weighted by molar-refractivity contribution is 4.91. The third-order valence-electron chi connectivity index (χ3n) is 2.60. The molecule has 1 saturated carbocycles. The van der Waals surface area contributed by atoms with Gasteiger partial charge in [-0.2, -0.15) is 0 Å². The molecule has 0 aromatic heterocycles. The molecule has 2 N–H and O–H groups in total. The van der Waals surface area contributed by atoms with Crippen LogP contribution in [-0.4, -0.2) is 22.9 Å². The smallest absolute Gasteiger partial charge is 0.0596 e. The highest BCUT2D eigenvalue weighted by Crippen LogP contribution is 2.30. The molecule has 2 nitrogen and oxygen atoms in total. The van der Waals surface area contributed by atoms with Gasteiger partial charge in [-0.25, -0.2) is 0 Å². The lowest BCUT2D eigenvalue weighted by molar-refractivity contribution is 0.0141. The van der Waals surface area contributed by atoms with Crippen LogP contribution in [0.5, 0.6) is 0 Å². The van der Waals surface area contributed by atoms with Crippen LogP contribution in [0.25, 0.3) is 0 Å². The topological polar surface area (TPSA) is 40.5 Å². The Balaban J connectivity index is 2.55. The third kappa shape index (κ3) is 1.82. The van der Waals surface area contributed by atoms with Gasteiger partial charge in [-0.05, 0) is 18.8 Å². The lowest BCUT2D eigenvalue weighted by atomic mass is 9.78. The summed E-state index contributed by atoms with van der Waals surface area (Å²) in [5, 5.41) is 18.4. The minimum Gasteiger partial charge on any atom is -0.396 e. The van der Waals surface area contributed by atoms with Gasteiger partial charge in [0.25, 0.3) is 0 Å². The fourth-order valence-electron chi connectivity index (χ4n) is 1.83. The average molecular weight is 156 g/mol. The van der Waals surface area contributed by atoms with Crippen molar-refractivity contribution < 1.29 is 10.2 Å². The van der Waals surface area contributed by atoms with E-state index in [0.29, 0.717) is 5.92 Å². The summed E-state index contributed by atoms with van der Waals surface area (Å²) in [6, 6.07) is 0. The Hall–Kier alpha value is -0.340. The summed E-state index contributed by atoms with van der Waals surface area (Å²) in [6.45, 7) is 3.78. The third-order valence-corrected chi connectivity index (χ3v) is 2.60. The number of rotatable bonds is 2. The quantitative estimate of drug-likeness (QED) is 0.584. The summed E-state index contributed by atoms with van der Waals surface area (Å²) in [6.07, 6.45) is 4.47. The van der Waals surface area contributed by atoms with Gasteiger partial charge in [0.05, 0.1) is 6.10 Å². The largest absolute Gasteiger partial charge is 0.396 e. The Kier molecular flexibility index (Phi) is 3.09. The first-order valence-electron chi connectivity index (χ1n) is 4.21. The van der Waals surface area contributed by atoms with Crippen molar-refractivity contribution in [1.82, 2.24) is 0 Å². The molecule has 3 atom stereocenters. The van der Waals surface area contributed by atoms with Crippen molar-refractivity contribution in [2.24, 2.45) is 11.8 Å². The first-order valence-corrected chi connectivity index (χ1v) is 4.21. The molecule has 0 aliphatic heterocycles. The van der Waals surface area contributed by atoms with Crippen LogP contribution in [0.15, 0.2) is 12.7 Å². The van der Waals surface area contributed by atoms with Crippen LogP contribution in [0.2, 0.25) is 0 Å². The maximum atomic E-state index is 9.46. The van der Waals surface area contributed by atoms with E-state index in [1.165, 1.54) is 0 Å². The van der Waals surface area contributed by atoms with Gasteiger partial charge in [-0.1, -0.05) is 12.5 Å². The van der Waals surface area contributed by atoms with Crippen LogP contribution in [0.1, 0.15) is 19.3 Å². The maximum Gasteiger partial charge on any atom is 0.0596 e. The van der Waals surface area contributed by atoms with E-state index in [1.807, 2.05) is 6.08 Å². The molecule has 64 valence electrons. The van der Waals surface area contributed by atoms with E-state index < -0.39 is 0 Å². The molecule has 0 aromatic rings. The summed E-state index contributed by atoms with van der Waals surface area (Å²) in [5.41, 5.74) is 0. The summed E-state index contributed by atoms with van der Waals surface area (Å²) >= 11 is 0. The molecule has 11 heavy (non-hydrogen) atoms. The van der Waals surface area contributed by atoms with Crippen molar-refractivity contribution in [1.29, 1.82) is 0 Å². The van der Waals surface area contributed by atoms with Crippen molar-refractivity contribution >= 4 is 0 Å². The van der Waals surface area contributed by atoms with Crippen molar-refractivity contribution in [3.05, 3.63) is 12.7 Å². The molecule has 1 rings (SSSR count). The second kappa shape index (κ2) is 3.88. The Labute approximate surface area is 67.6 Å². The van der Waals surface area contributed by atoms with Crippen LogP contribution in [-0.2, 0) is 0 Å². The zero-order valence-electron chi connectivity index (χ0n) is 6.74. The van der Waals surface area contributed by atoms with Gasteiger partial charge in [0.1, 0.15) is 0 Å². The lowest BCUT2D eigenvalue weighted by Crippen LogP contribution is -2.33. The molecule has 0 saturated heterocycles. The number of hydrogen-bond donors (Lipinski definition) is 2. The van der Waals surface area contributed by atoms with Gasteiger partial charge in [0.2, 0.25) is 0 Å². The van der Waals surface area contributed by atoms with Gasteiger partial charge >= 0.3 is 0 Å². The number of hydrogen-bond acceptors (Lipinski definition) is 2. The minimum absolute atomic E-state index is 0.0289. The first-order chi connectivity index (χ1) is 5.29. The molecule has 0 heterocycles. The van der Waals surface area contributed by atoms with Crippen molar-refractivity contribution in [3.63, 3.8) is 0 Å². The van der Waals surface area contributed by atoms with E-state index >= 15 is 0 Å².